The molecule has 0 fully saturated rings. The molecule has 1 aromatic rings. The number of hydrogen-bond acceptors (Lipinski definition) is 3. The highest BCUT2D eigenvalue weighted by molar-refractivity contribution is 7.10. The number of rotatable bonds is 5. The maximum absolute atomic E-state index is 10.8. The zero-order valence-corrected chi connectivity index (χ0v) is 9.78. The molecule has 0 bridgehead atoms. The maximum Gasteiger partial charge on any atom is 0.143 e. The van der Waals surface area contributed by atoms with E-state index in [0.29, 0.717) is 6.54 Å². The minimum Gasteiger partial charge on any atom is -0.309 e. The van der Waals surface area contributed by atoms with Crippen LogP contribution in [0.15, 0.2) is 17.5 Å². The van der Waals surface area contributed by atoms with Gasteiger partial charge in [0, 0.05) is 16.8 Å². The van der Waals surface area contributed by atoms with E-state index in [-0.39, 0.29) is 11.2 Å². The molecule has 1 rings (SSSR count). The topological polar surface area (TPSA) is 29.1 Å². The van der Waals surface area contributed by atoms with Gasteiger partial charge < -0.3 is 5.32 Å². The van der Waals surface area contributed by atoms with Gasteiger partial charge >= 0.3 is 0 Å². The Bertz CT molecular complexity index is 290. The molecule has 1 aromatic heterocycles. The fourth-order valence-electron chi connectivity index (χ4n) is 1.30. The molecule has 1 N–H and O–H groups in total. The van der Waals surface area contributed by atoms with E-state index in [9.17, 15) is 4.79 Å². The van der Waals surface area contributed by atoms with Crippen LogP contribution >= 0.6 is 11.3 Å². The van der Waals surface area contributed by atoms with Crippen LogP contribution in [-0.2, 0) is 10.2 Å². The van der Waals surface area contributed by atoms with E-state index in [0.717, 1.165) is 6.54 Å². The van der Waals surface area contributed by atoms with E-state index in [1.165, 1.54) is 4.88 Å². The van der Waals surface area contributed by atoms with E-state index in [4.69, 9.17) is 0 Å². The predicted molar refractivity (Wildman–Crippen MR) is 60.9 cm³/mol. The molecule has 3 heteroatoms. The number of thiophene rings is 1. The third-order valence-electron chi connectivity index (χ3n) is 2.13. The van der Waals surface area contributed by atoms with Crippen molar-refractivity contribution in [2.75, 3.05) is 13.1 Å². The van der Waals surface area contributed by atoms with Gasteiger partial charge in [0.25, 0.3) is 0 Å². The van der Waals surface area contributed by atoms with E-state index in [2.05, 4.69) is 36.7 Å². The van der Waals surface area contributed by atoms with Gasteiger partial charge in [-0.25, -0.2) is 0 Å². The summed E-state index contributed by atoms with van der Waals surface area (Å²) >= 11 is 1.76. The second-order valence-corrected chi connectivity index (χ2v) is 5.11. The number of carbonyl (C=O) groups excluding carboxylic acids is 1. The minimum atomic E-state index is 0.115. The molecular weight excluding hydrogens is 194 g/mol. The highest BCUT2D eigenvalue weighted by Gasteiger charge is 2.20. The van der Waals surface area contributed by atoms with Crippen LogP contribution in [0, 0.1) is 0 Å². The molecule has 78 valence electrons. The lowest BCUT2D eigenvalue weighted by Crippen LogP contribution is -2.34. The van der Waals surface area contributed by atoms with Crippen LogP contribution in [0.2, 0.25) is 0 Å². The second-order valence-electron chi connectivity index (χ2n) is 4.17. The molecule has 0 atom stereocenters. The number of carbonyl (C=O) groups is 1. The predicted octanol–water partition coefficient (Wildman–Crippen LogP) is 2.20. The normalized spacial score (nSPS) is 11.6. The van der Waals surface area contributed by atoms with Crippen LogP contribution in [0.25, 0.3) is 0 Å². The first-order chi connectivity index (χ1) is 6.52. The summed E-state index contributed by atoms with van der Waals surface area (Å²) in [6.45, 7) is 7.28. The van der Waals surface area contributed by atoms with Crippen LogP contribution in [0.5, 0.6) is 0 Å². The van der Waals surface area contributed by atoms with Crippen molar-refractivity contribution in [2.45, 2.75) is 26.2 Å². The van der Waals surface area contributed by atoms with Gasteiger partial charge in [0.05, 0.1) is 6.54 Å². The number of Topliss-reactive ketones (excluding diaryl/α,β-unsaturated/α-hetero) is 1. The van der Waals surface area contributed by atoms with Gasteiger partial charge in [0.1, 0.15) is 5.78 Å². The molecule has 14 heavy (non-hydrogen) atoms. The Morgan fingerprint density at radius 2 is 2.29 bits per heavy atom. The number of ketones is 1. The van der Waals surface area contributed by atoms with Gasteiger partial charge in [-0.2, -0.15) is 0 Å². The Labute approximate surface area is 89.3 Å². The third-order valence-corrected chi connectivity index (χ3v) is 3.36. The monoisotopic (exact) mass is 211 g/mol. The molecule has 0 radical (unpaired) electrons. The summed E-state index contributed by atoms with van der Waals surface area (Å²) in [5.41, 5.74) is 0.115. The fourth-order valence-corrected chi connectivity index (χ4v) is 2.15. The van der Waals surface area contributed by atoms with Crippen molar-refractivity contribution in [2.24, 2.45) is 0 Å². The SMILES string of the molecule is CC(=O)CNCC(C)(C)c1cccs1. The summed E-state index contributed by atoms with van der Waals surface area (Å²) in [6.07, 6.45) is 0. The van der Waals surface area contributed by atoms with Crippen LogP contribution in [0.4, 0.5) is 0 Å². The van der Waals surface area contributed by atoms with Crippen LogP contribution in [0.3, 0.4) is 0 Å². The molecule has 0 aromatic carbocycles. The summed E-state index contributed by atoms with van der Waals surface area (Å²) in [6, 6.07) is 4.20. The van der Waals surface area contributed by atoms with E-state index in [1.807, 2.05) is 0 Å². The smallest absolute Gasteiger partial charge is 0.143 e. The summed E-state index contributed by atoms with van der Waals surface area (Å²) in [5.74, 6) is 0.187. The van der Waals surface area contributed by atoms with Gasteiger partial charge in [-0.3, -0.25) is 4.79 Å². The van der Waals surface area contributed by atoms with Crippen molar-refractivity contribution in [1.82, 2.24) is 5.32 Å². The average Bonchev–Trinajstić information content (AvgIpc) is 2.54. The van der Waals surface area contributed by atoms with Crippen molar-refractivity contribution >= 4 is 17.1 Å². The van der Waals surface area contributed by atoms with Crippen molar-refractivity contribution in [3.63, 3.8) is 0 Å². The van der Waals surface area contributed by atoms with Crippen molar-refractivity contribution < 1.29 is 4.79 Å². The third kappa shape index (κ3) is 3.24. The van der Waals surface area contributed by atoms with Crippen LogP contribution < -0.4 is 5.32 Å². The minimum absolute atomic E-state index is 0.115. The Kier molecular flexibility index (Phi) is 3.84. The van der Waals surface area contributed by atoms with E-state index < -0.39 is 0 Å². The molecule has 0 saturated heterocycles. The van der Waals surface area contributed by atoms with Gasteiger partial charge in [0.2, 0.25) is 0 Å². The van der Waals surface area contributed by atoms with Crippen LogP contribution in [-0.4, -0.2) is 18.9 Å². The molecule has 0 aliphatic heterocycles. The van der Waals surface area contributed by atoms with Crippen molar-refractivity contribution in [1.29, 1.82) is 0 Å². The molecule has 0 unspecified atom stereocenters. The molecule has 0 spiro atoms. The highest BCUT2D eigenvalue weighted by atomic mass is 32.1. The molecule has 0 amide bonds. The molecule has 0 saturated carbocycles. The second kappa shape index (κ2) is 4.71. The first-order valence-corrected chi connectivity index (χ1v) is 5.64. The zero-order chi connectivity index (χ0) is 10.6. The number of hydrogen-bond donors (Lipinski definition) is 1. The molecule has 2 nitrogen and oxygen atoms in total. The van der Waals surface area contributed by atoms with E-state index in [1.54, 1.807) is 18.3 Å². The van der Waals surface area contributed by atoms with Crippen molar-refractivity contribution in [3.05, 3.63) is 22.4 Å². The average molecular weight is 211 g/mol. The van der Waals surface area contributed by atoms with Gasteiger partial charge in [-0.15, -0.1) is 11.3 Å². The Morgan fingerprint density at radius 1 is 1.57 bits per heavy atom. The maximum atomic E-state index is 10.8. The van der Waals surface area contributed by atoms with Gasteiger partial charge in [-0.1, -0.05) is 19.9 Å². The van der Waals surface area contributed by atoms with Gasteiger partial charge in [-0.05, 0) is 18.4 Å². The Balaban J connectivity index is 2.46. The molecule has 0 aliphatic carbocycles. The lowest BCUT2D eigenvalue weighted by Gasteiger charge is -2.23. The lowest BCUT2D eigenvalue weighted by atomic mass is 9.91. The first kappa shape index (κ1) is 11.4. The summed E-state index contributed by atoms with van der Waals surface area (Å²) in [5, 5.41) is 5.26. The van der Waals surface area contributed by atoms with Crippen LogP contribution in [0.1, 0.15) is 25.6 Å². The molecule has 0 aliphatic rings. The molecular formula is C11H17NOS. The fraction of sp³-hybridized carbons (Fsp3) is 0.545. The largest absolute Gasteiger partial charge is 0.309 e. The standard InChI is InChI=1S/C11H17NOS/c1-9(13)7-12-8-11(2,3)10-5-4-6-14-10/h4-6,12H,7-8H2,1-3H3. The van der Waals surface area contributed by atoms with Gasteiger partial charge in [0.15, 0.2) is 0 Å². The van der Waals surface area contributed by atoms with E-state index >= 15 is 0 Å². The number of nitrogens with one attached hydrogen (secondary N) is 1. The lowest BCUT2D eigenvalue weighted by molar-refractivity contribution is -0.116. The summed E-state index contributed by atoms with van der Waals surface area (Å²) < 4.78 is 0. The zero-order valence-electron chi connectivity index (χ0n) is 8.96. The quantitative estimate of drug-likeness (QED) is 0.809. The summed E-state index contributed by atoms with van der Waals surface area (Å²) in [4.78, 5) is 12.1. The van der Waals surface area contributed by atoms with Crippen molar-refractivity contribution in [3.8, 4) is 0 Å². The highest BCUT2D eigenvalue weighted by Crippen LogP contribution is 2.26. The Morgan fingerprint density at radius 3 is 2.79 bits per heavy atom. The molecule has 1 heterocycles. The Hall–Kier alpha value is -0.670. The first-order valence-electron chi connectivity index (χ1n) is 4.76. The summed E-state index contributed by atoms with van der Waals surface area (Å²) in [7, 11) is 0.